The Morgan fingerprint density at radius 1 is 1.11 bits per heavy atom. The van der Waals surface area contributed by atoms with Crippen molar-refractivity contribution in [1.82, 2.24) is 9.88 Å². The van der Waals surface area contributed by atoms with Crippen molar-refractivity contribution in [3.63, 3.8) is 0 Å². The molecule has 3 aromatic rings. The number of phenols is 1. The molecule has 1 aliphatic heterocycles. The predicted molar refractivity (Wildman–Crippen MR) is 107 cm³/mol. The van der Waals surface area contributed by atoms with Crippen LogP contribution in [0.1, 0.15) is 28.8 Å². The first-order chi connectivity index (χ1) is 12.9. The maximum Gasteiger partial charge on any atom is 0.115 e. The fraction of sp³-hybridized carbons (Fsp3) is 0.391. The standard InChI is InChI=1S/C23H26N2O2/c1-15-5-3-8-19-21(15)18-12-23(27)14-25(2)10-9-22(23,13-20(18)24-19)16-6-4-7-17(26)11-16/h3-8,11,24,26-27H,9-10,12-14H2,1-2H3/t22-,23-/m0/s1. The Labute approximate surface area is 159 Å². The number of aliphatic hydroxyl groups is 1. The van der Waals surface area contributed by atoms with Gasteiger partial charge in [-0.25, -0.2) is 0 Å². The Bertz CT molecular complexity index is 1040. The summed E-state index contributed by atoms with van der Waals surface area (Å²) >= 11 is 0. The van der Waals surface area contributed by atoms with E-state index in [0.717, 1.165) is 30.5 Å². The van der Waals surface area contributed by atoms with Crippen LogP contribution in [0.25, 0.3) is 10.9 Å². The number of fused-ring (bicyclic) bond motifs is 4. The third-order valence-corrected chi connectivity index (χ3v) is 6.91. The van der Waals surface area contributed by atoms with Gasteiger partial charge in [0.2, 0.25) is 0 Å². The van der Waals surface area contributed by atoms with Crippen LogP contribution < -0.4 is 0 Å². The fourth-order valence-electron chi connectivity index (χ4n) is 5.59. The molecule has 4 heteroatoms. The molecular formula is C23H26N2O2. The van der Waals surface area contributed by atoms with Gasteiger partial charge in [-0.15, -0.1) is 0 Å². The first-order valence-corrected chi connectivity index (χ1v) is 9.71. The molecule has 1 fully saturated rings. The van der Waals surface area contributed by atoms with Gasteiger partial charge in [0.05, 0.1) is 5.60 Å². The lowest BCUT2D eigenvalue weighted by atomic mass is 9.56. The maximum absolute atomic E-state index is 12.0. The lowest BCUT2D eigenvalue weighted by Gasteiger charge is -2.56. The molecule has 0 unspecified atom stereocenters. The van der Waals surface area contributed by atoms with E-state index >= 15 is 0 Å². The molecule has 0 radical (unpaired) electrons. The van der Waals surface area contributed by atoms with Gasteiger partial charge >= 0.3 is 0 Å². The molecule has 2 atom stereocenters. The van der Waals surface area contributed by atoms with E-state index in [1.807, 2.05) is 12.1 Å². The van der Waals surface area contributed by atoms with Gasteiger partial charge in [-0.3, -0.25) is 0 Å². The molecule has 2 heterocycles. The molecule has 2 aromatic carbocycles. The van der Waals surface area contributed by atoms with Crippen LogP contribution in [0, 0.1) is 6.92 Å². The number of hydrogen-bond acceptors (Lipinski definition) is 3. The summed E-state index contributed by atoms with van der Waals surface area (Å²) < 4.78 is 0. The van der Waals surface area contributed by atoms with E-state index in [1.54, 1.807) is 6.07 Å². The molecule has 0 amide bonds. The molecule has 5 rings (SSSR count). The monoisotopic (exact) mass is 362 g/mol. The van der Waals surface area contributed by atoms with Gasteiger partial charge in [0.1, 0.15) is 5.75 Å². The summed E-state index contributed by atoms with van der Waals surface area (Å²) in [5.41, 5.74) is 4.69. The van der Waals surface area contributed by atoms with Crippen molar-refractivity contribution in [1.29, 1.82) is 0 Å². The summed E-state index contributed by atoms with van der Waals surface area (Å²) in [6.45, 7) is 3.72. The van der Waals surface area contributed by atoms with Crippen molar-refractivity contribution in [2.24, 2.45) is 0 Å². The quantitative estimate of drug-likeness (QED) is 0.623. The molecular weight excluding hydrogens is 336 g/mol. The maximum atomic E-state index is 12.0. The first kappa shape index (κ1) is 16.8. The zero-order chi connectivity index (χ0) is 18.8. The zero-order valence-corrected chi connectivity index (χ0v) is 15.9. The summed E-state index contributed by atoms with van der Waals surface area (Å²) in [5.74, 6) is 0.265. The summed E-state index contributed by atoms with van der Waals surface area (Å²) in [4.78, 5) is 5.87. The average Bonchev–Trinajstić information content (AvgIpc) is 2.97. The number of aromatic amines is 1. The minimum atomic E-state index is -0.863. The number of aryl methyl sites for hydroxylation is 1. The van der Waals surface area contributed by atoms with Gasteiger partial charge in [-0.2, -0.15) is 0 Å². The molecule has 0 spiro atoms. The van der Waals surface area contributed by atoms with Gasteiger partial charge in [-0.1, -0.05) is 24.3 Å². The molecule has 1 aliphatic carbocycles. The third-order valence-electron chi connectivity index (χ3n) is 6.91. The number of H-pyrrole nitrogens is 1. The van der Waals surface area contributed by atoms with Crippen LogP contribution in [0.15, 0.2) is 42.5 Å². The highest BCUT2D eigenvalue weighted by molar-refractivity contribution is 5.88. The number of nitrogens with one attached hydrogen (secondary N) is 1. The van der Waals surface area contributed by atoms with Crippen molar-refractivity contribution in [2.45, 2.75) is 37.2 Å². The minimum Gasteiger partial charge on any atom is -0.508 e. The normalized spacial score (nSPS) is 28.1. The second-order valence-electron chi connectivity index (χ2n) is 8.58. The van der Waals surface area contributed by atoms with Crippen LogP contribution in [0.5, 0.6) is 5.75 Å². The van der Waals surface area contributed by atoms with Crippen LogP contribution in [-0.2, 0) is 18.3 Å². The molecule has 1 saturated heterocycles. The highest BCUT2D eigenvalue weighted by atomic mass is 16.3. The number of nitrogens with zero attached hydrogens (tertiary/aromatic N) is 1. The third kappa shape index (κ3) is 2.30. The average molecular weight is 362 g/mol. The van der Waals surface area contributed by atoms with Crippen LogP contribution in [0.4, 0.5) is 0 Å². The fourth-order valence-corrected chi connectivity index (χ4v) is 5.59. The first-order valence-electron chi connectivity index (χ1n) is 9.71. The number of aromatic nitrogens is 1. The second-order valence-corrected chi connectivity index (χ2v) is 8.58. The van der Waals surface area contributed by atoms with E-state index in [4.69, 9.17) is 0 Å². The van der Waals surface area contributed by atoms with Crippen molar-refractivity contribution in [3.05, 3.63) is 64.8 Å². The van der Waals surface area contributed by atoms with Gasteiger partial charge in [-0.05, 0) is 61.8 Å². The topological polar surface area (TPSA) is 59.5 Å². The summed E-state index contributed by atoms with van der Waals surface area (Å²) in [6, 6.07) is 13.9. The molecule has 3 N–H and O–H groups in total. The largest absolute Gasteiger partial charge is 0.508 e. The number of aromatic hydroxyl groups is 1. The molecule has 0 bridgehead atoms. The van der Waals surface area contributed by atoms with Crippen molar-refractivity contribution >= 4 is 10.9 Å². The molecule has 2 aliphatic rings. The van der Waals surface area contributed by atoms with E-state index in [9.17, 15) is 10.2 Å². The molecule has 27 heavy (non-hydrogen) atoms. The van der Waals surface area contributed by atoms with E-state index < -0.39 is 5.60 Å². The van der Waals surface area contributed by atoms with Crippen LogP contribution in [-0.4, -0.2) is 45.8 Å². The van der Waals surface area contributed by atoms with Crippen molar-refractivity contribution in [3.8, 4) is 5.75 Å². The number of piperidine rings is 1. The molecule has 0 saturated carbocycles. The van der Waals surface area contributed by atoms with Gasteiger partial charge < -0.3 is 20.1 Å². The van der Waals surface area contributed by atoms with Gasteiger partial charge in [0.25, 0.3) is 0 Å². The smallest absolute Gasteiger partial charge is 0.115 e. The van der Waals surface area contributed by atoms with Gasteiger partial charge in [0.15, 0.2) is 0 Å². The zero-order valence-electron chi connectivity index (χ0n) is 15.9. The second kappa shape index (κ2) is 5.60. The lowest BCUT2D eigenvalue weighted by Crippen LogP contribution is -2.65. The molecule has 140 valence electrons. The number of hydrogen-bond donors (Lipinski definition) is 3. The Morgan fingerprint density at radius 2 is 1.93 bits per heavy atom. The number of benzene rings is 2. The summed E-state index contributed by atoms with van der Waals surface area (Å²) in [5, 5.41) is 23.4. The predicted octanol–water partition coefficient (Wildman–Crippen LogP) is 3.29. The summed E-state index contributed by atoms with van der Waals surface area (Å²) in [7, 11) is 2.08. The molecule has 4 nitrogen and oxygen atoms in total. The Kier molecular flexibility index (Phi) is 3.49. The minimum absolute atomic E-state index is 0.265. The van der Waals surface area contributed by atoms with Crippen molar-refractivity contribution in [2.75, 3.05) is 20.1 Å². The Hall–Kier alpha value is -2.30. The van der Waals surface area contributed by atoms with Crippen molar-refractivity contribution < 1.29 is 10.2 Å². The lowest BCUT2D eigenvalue weighted by molar-refractivity contribution is -0.0972. The SMILES string of the molecule is Cc1cccc2[nH]c3c(c12)C[C@]1(O)CN(C)CC[C@@]1(c1cccc(O)c1)C3. The molecule has 1 aromatic heterocycles. The Balaban J connectivity index is 1.75. The Morgan fingerprint density at radius 3 is 2.74 bits per heavy atom. The van der Waals surface area contributed by atoms with Crippen LogP contribution >= 0.6 is 0 Å². The summed E-state index contributed by atoms with van der Waals surface area (Å²) in [6.07, 6.45) is 2.27. The number of β-amino-alcohol motifs (C(OH)–C–C–N with tert-alkyl or cyclic N) is 1. The van der Waals surface area contributed by atoms with E-state index in [0.29, 0.717) is 13.0 Å². The number of rotatable bonds is 1. The number of phenolic OH excluding ortho intramolecular Hbond substituents is 1. The van der Waals surface area contributed by atoms with Gasteiger partial charge in [0, 0.05) is 41.4 Å². The van der Waals surface area contributed by atoms with E-state index in [-0.39, 0.29) is 11.2 Å². The number of likely N-dealkylation sites (N-methyl/N-ethyl adjacent to an activating group) is 1. The van der Waals surface area contributed by atoms with Crippen LogP contribution in [0.2, 0.25) is 0 Å². The highest BCUT2D eigenvalue weighted by Crippen LogP contribution is 2.51. The van der Waals surface area contributed by atoms with E-state index in [1.165, 1.54) is 22.2 Å². The van der Waals surface area contributed by atoms with Crippen LogP contribution in [0.3, 0.4) is 0 Å². The highest BCUT2D eigenvalue weighted by Gasteiger charge is 2.57. The number of likely N-dealkylation sites (tertiary alicyclic amines) is 1. The van der Waals surface area contributed by atoms with E-state index in [2.05, 4.69) is 48.1 Å².